The summed E-state index contributed by atoms with van der Waals surface area (Å²) >= 11 is 4.54. The Kier molecular flexibility index (Phi) is 6.17. The fraction of sp³-hybridized carbons (Fsp3) is 0.300. The molecule has 0 saturated heterocycles. The molecule has 26 heavy (non-hydrogen) atoms. The van der Waals surface area contributed by atoms with Crippen LogP contribution < -0.4 is 4.74 Å². The van der Waals surface area contributed by atoms with Gasteiger partial charge in [0.05, 0.1) is 5.56 Å². The Morgan fingerprint density at radius 3 is 2.58 bits per heavy atom. The van der Waals surface area contributed by atoms with Gasteiger partial charge in [0.2, 0.25) is 6.79 Å². The summed E-state index contributed by atoms with van der Waals surface area (Å²) in [5.41, 5.74) is 1.33. The van der Waals surface area contributed by atoms with Crippen LogP contribution in [-0.4, -0.2) is 19.2 Å². The third kappa shape index (κ3) is 4.38. The maximum atomic E-state index is 12.2. The van der Waals surface area contributed by atoms with Gasteiger partial charge in [0.25, 0.3) is 6.47 Å². The second-order valence-electron chi connectivity index (χ2n) is 6.12. The van der Waals surface area contributed by atoms with Gasteiger partial charge in [0.15, 0.2) is 0 Å². The highest BCUT2D eigenvalue weighted by Gasteiger charge is 2.25. The highest BCUT2D eigenvalue weighted by Crippen LogP contribution is 2.43. The number of esters is 1. The van der Waals surface area contributed by atoms with Crippen molar-refractivity contribution >= 4 is 25.1 Å². The van der Waals surface area contributed by atoms with Gasteiger partial charge in [-0.2, -0.15) is 0 Å². The van der Waals surface area contributed by atoms with Gasteiger partial charge in [-0.3, -0.25) is 4.79 Å². The molecule has 0 aromatic heterocycles. The monoisotopic (exact) mass is 372 g/mol. The van der Waals surface area contributed by atoms with Crippen LogP contribution in [0.15, 0.2) is 47.4 Å². The predicted octanol–water partition coefficient (Wildman–Crippen LogP) is 4.71. The number of carbonyl (C=O) groups excluding carboxylic acids is 2. The molecule has 0 spiro atoms. The number of carbonyl (C=O) groups is 2. The molecule has 136 valence electrons. The molecule has 5 nitrogen and oxygen atoms in total. The summed E-state index contributed by atoms with van der Waals surface area (Å²) in [7, 11) is 0. The minimum atomic E-state index is -0.562. The van der Waals surface area contributed by atoms with Crippen LogP contribution >= 0.6 is 12.6 Å². The van der Waals surface area contributed by atoms with Crippen molar-refractivity contribution < 1.29 is 23.8 Å². The number of benzene rings is 2. The molecule has 0 amide bonds. The third-order valence-corrected chi connectivity index (χ3v) is 4.75. The summed E-state index contributed by atoms with van der Waals surface area (Å²) in [5, 5.41) is 0. The number of rotatable bonds is 7. The Balaban J connectivity index is 1.92. The van der Waals surface area contributed by atoms with Gasteiger partial charge in [-0.1, -0.05) is 31.0 Å². The average Bonchev–Trinajstić information content (AvgIpc) is 3.18. The van der Waals surface area contributed by atoms with Gasteiger partial charge < -0.3 is 14.2 Å². The van der Waals surface area contributed by atoms with E-state index < -0.39 is 12.8 Å². The van der Waals surface area contributed by atoms with Crippen molar-refractivity contribution in [2.24, 2.45) is 0 Å². The van der Waals surface area contributed by atoms with Crippen molar-refractivity contribution in [3.05, 3.63) is 53.6 Å². The number of hydrogen-bond donors (Lipinski definition) is 1. The molecule has 0 bridgehead atoms. The number of thiol groups is 1. The van der Waals surface area contributed by atoms with E-state index in [1.807, 2.05) is 30.3 Å². The molecule has 0 aliphatic heterocycles. The topological polar surface area (TPSA) is 61.8 Å². The molecular weight excluding hydrogens is 352 g/mol. The van der Waals surface area contributed by atoms with Crippen LogP contribution in [0, 0.1) is 0 Å². The molecule has 0 heterocycles. The van der Waals surface area contributed by atoms with Crippen molar-refractivity contribution in [2.75, 3.05) is 6.79 Å². The second-order valence-corrected chi connectivity index (χ2v) is 6.60. The first-order valence-corrected chi connectivity index (χ1v) is 8.96. The van der Waals surface area contributed by atoms with Crippen LogP contribution in [0.5, 0.6) is 11.5 Å². The van der Waals surface area contributed by atoms with Crippen molar-refractivity contribution in [3.63, 3.8) is 0 Å². The van der Waals surface area contributed by atoms with Gasteiger partial charge in [0.1, 0.15) is 11.5 Å². The van der Waals surface area contributed by atoms with Gasteiger partial charge in [0, 0.05) is 4.90 Å². The van der Waals surface area contributed by atoms with E-state index in [4.69, 9.17) is 9.47 Å². The first-order valence-electron chi connectivity index (χ1n) is 8.51. The van der Waals surface area contributed by atoms with Crippen LogP contribution in [0.4, 0.5) is 0 Å². The summed E-state index contributed by atoms with van der Waals surface area (Å²) in [4.78, 5) is 23.0. The van der Waals surface area contributed by atoms with E-state index in [2.05, 4.69) is 17.4 Å². The van der Waals surface area contributed by atoms with E-state index in [0.29, 0.717) is 22.1 Å². The minimum absolute atomic E-state index is 0.234. The molecule has 1 fully saturated rings. The van der Waals surface area contributed by atoms with Gasteiger partial charge in [-0.25, -0.2) is 4.79 Å². The Hall–Kier alpha value is -2.47. The third-order valence-electron chi connectivity index (χ3n) is 4.42. The lowest BCUT2D eigenvalue weighted by molar-refractivity contribution is -0.136. The molecule has 1 aliphatic rings. The molecule has 1 aliphatic carbocycles. The standard InChI is InChI=1S/C20H20O5S/c21-12-23-13-24-20(22)15-10-17(14-6-4-5-7-14)19(18(26)11-15)25-16-8-2-1-3-9-16/h1-3,8-12,14,26H,4-7,13H2. The molecule has 2 aromatic carbocycles. The first kappa shape index (κ1) is 18.3. The molecule has 0 N–H and O–H groups in total. The maximum Gasteiger partial charge on any atom is 0.341 e. The lowest BCUT2D eigenvalue weighted by Crippen LogP contribution is -2.10. The number of hydrogen-bond acceptors (Lipinski definition) is 6. The zero-order chi connectivity index (χ0) is 18.4. The van der Waals surface area contributed by atoms with E-state index in [9.17, 15) is 9.59 Å². The fourth-order valence-electron chi connectivity index (χ4n) is 3.21. The van der Waals surface area contributed by atoms with E-state index in [1.165, 1.54) is 0 Å². The average molecular weight is 372 g/mol. The zero-order valence-electron chi connectivity index (χ0n) is 14.2. The normalized spacial score (nSPS) is 14.0. The van der Waals surface area contributed by atoms with Crippen LogP contribution in [0.1, 0.15) is 47.5 Å². The molecule has 1 saturated carbocycles. The van der Waals surface area contributed by atoms with Crippen LogP contribution in [0.3, 0.4) is 0 Å². The van der Waals surface area contributed by atoms with Crippen molar-refractivity contribution in [1.29, 1.82) is 0 Å². The first-order chi connectivity index (χ1) is 12.7. The lowest BCUT2D eigenvalue weighted by atomic mass is 9.94. The van der Waals surface area contributed by atoms with Crippen molar-refractivity contribution in [2.45, 2.75) is 36.5 Å². The molecule has 6 heteroatoms. The second kappa shape index (κ2) is 8.76. The summed E-state index contributed by atoms with van der Waals surface area (Å²) in [6, 6.07) is 12.9. The number of para-hydroxylation sites is 1. The highest BCUT2D eigenvalue weighted by molar-refractivity contribution is 7.80. The SMILES string of the molecule is O=COCOC(=O)c1cc(S)c(Oc2ccccc2)c(C2CCCC2)c1. The highest BCUT2D eigenvalue weighted by atomic mass is 32.1. The quantitative estimate of drug-likeness (QED) is 0.251. The molecule has 0 atom stereocenters. The summed E-state index contributed by atoms with van der Waals surface area (Å²) < 4.78 is 15.4. The smallest absolute Gasteiger partial charge is 0.341 e. The van der Waals surface area contributed by atoms with Crippen molar-refractivity contribution in [1.82, 2.24) is 0 Å². The van der Waals surface area contributed by atoms with E-state index in [1.54, 1.807) is 12.1 Å². The molecular formula is C20H20O5S. The minimum Gasteiger partial charge on any atom is -0.456 e. The molecule has 2 aromatic rings. The Bertz CT molecular complexity index is 769. The van der Waals surface area contributed by atoms with Crippen LogP contribution in [0.25, 0.3) is 0 Å². The summed E-state index contributed by atoms with van der Waals surface area (Å²) in [6.07, 6.45) is 4.40. The Morgan fingerprint density at radius 1 is 1.15 bits per heavy atom. The molecule has 3 rings (SSSR count). The largest absolute Gasteiger partial charge is 0.456 e. The summed E-state index contributed by atoms with van der Waals surface area (Å²) in [5.74, 6) is 1.15. The van der Waals surface area contributed by atoms with Gasteiger partial charge in [-0.05, 0) is 48.6 Å². The predicted molar refractivity (Wildman–Crippen MR) is 98.9 cm³/mol. The summed E-state index contributed by atoms with van der Waals surface area (Å²) in [6.45, 7) is -0.177. The van der Waals surface area contributed by atoms with Gasteiger partial charge in [-0.15, -0.1) is 12.6 Å². The van der Waals surface area contributed by atoms with Gasteiger partial charge >= 0.3 is 5.97 Å². The van der Waals surface area contributed by atoms with Crippen LogP contribution in [0.2, 0.25) is 0 Å². The molecule has 0 radical (unpaired) electrons. The van der Waals surface area contributed by atoms with E-state index in [0.717, 1.165) is 37.0 Å². The molecule has 0 unspecified atom stereocenters. The van der Waals surface area contributed by atoms with Crippen LogP contribution in [-0.2, 0) is 14.3 Å². The number of ether oxygens (including phenoxy) is 3. The Morgan fingerprint density at radius 2 is 1.88 bits per heavy atom. The maximum absolute atomic E-state index is 12.2. The fourth-order valence-corrected chi connectivity index (χ4v) is 3.52. The van der Waals surface area contributed by atoms with E-state index in [-0.39, 0.29) is 6.47 Å². The lowest BCUT2D eigenvalue weighted by Gasteiger charge is -2.19. The van der Waals surface area contributed by atoms with E-state index >= 15 is 0 Å². The Labute approximate surface area is 157 Å². The van der Waals surface area contributed by atoms with Crippen molar-refractivity contribution in [3.8, 4) is 11.5 Å². The zero-order valence-corrected chi connectivity index (χ0v) is 15.1.